The Morgan fingerprint density at radius 1 is 0.923 bits per heavy atom. The van der Waals surface area contributed by atoms with Gasteiger partial charge in [-0.05, 0) is 31.6 Å². The van der Waals surface area contributed by atoms with Gasteiger partial charge < -0.3 is 10.2 Å². The molecule has 2 aromatic rings. The summed E-state index contributed by atoms with van der Waals surface area (Å²) >= 11 is 0. The third kappa shape index (κ3) is 4.17. The first-order chi connectivity index (χ1) is 12.8. The number of anilines is 2. The van der Waals surface area contributed by atoms with Crippen LogP contribution in [-0.4, -0.2) is 29.1 Å². The van der Waals surface area contributed by atoms with Gasteiger partial charge in [-0.15, -0.1) is 0 Å². The zero-order valence-corrected chi connectivity index (χ0v) is 15.8. The molecule has 1 saturated carbocycles. The number of nitrogens with one attached hydrogen (secondary N) is 1. The third-order valence-electron chi connectivity index (χ3n) is 5.81. The molecular weight excluding hydrogens is 320 g/mol. The Labute approximate surface area is 157 Å². The highest BCUT2D eigenvalue weighted by Gasteiger charge is 2.20. The van der Waals surface area contributed by atoms with Crippen molar-refractivity contribution in [2.75, 3.05) is 23.3 Å². The maximum absolute atomic E-state index is 4.92. The zero-order valence-electron chi connectivity index (χ0n) is 15.8. The summed E-state index contributed by atoms with van der Waals surface area (Å²) < 4.78 is 0. The number of benzene rings is 1. The summed E-state index contributed by atoms with van der Waals surface area (Å²) in [5, 5.41) is 3.70. The largest absolute Gasteiger partial charge is 0.367 e. The molecule has 138 valence electrons. The van der Waals surface area contributed by atoms with Crippen LogP contribution in [0.5, 0.6) is 0 Å². The molecule has 1 aliphatic carbocycles. The van der Waals surface area contributed by atoms with Crippen molar-refractivity contribution in [3.05, 3.63) is 36.4 Å². The van der Waals surface area contributed by atoms with Gasteiger partial charge in [0.15, 0.2) is 0 Å². The second kappa shape index (κ2) is 8.07. The van der Waals surface area contributed by atoms with E-state index < -0.39 is 0 Å². The molecule has 4 heteroatoms. The van der Waals surface area contributed by atoms with Gasteiger partial charge in [-0.25, -0.2) is 4.98 Å². The predicted octanol–water partition coefficient (Wildman–Crippen LogP) is 5.12. The highest BCUT2D eigenvalue weighted by atomic mass is 15.3. The molecule has 4 nitrogen and oxygen atoms in total. The van der Waals surface area contributed by atoms with Gasteiger partial charge >= 0.3 is 0 Å². The first kappa shape index (κ1) is 17.3. The molecule has 1 aromatic carbocycles. The number of nitrogens with zero attached hydrogens (tertiary/aromatic N) is 3. The Morgan fingerprint density at radius 3 is 2.38 bits per heavy atom. The van der Waals surface area contributed by atoms with Gasteiger partial charge in [0, 0.05) is 30.8 Å². The van der Waals surface area contributed by atoms with Gasteiger partial charge in [-0.1, -0.05) is 56.5 Å². The minimum Gasteiger partial charge on any atom is -0.367 e. The van der Waals surface area contributed by atoms with Crippen LogP contribution in [0.25, 0.3) is 11.3 Å². The lowest BCUT2D eigenvalue weighted by molar-refractivity contribution is 0.434. The van der Waals surface area contributed by atoms with Crippen LogP contribution in [0.15, 0.2) is 36.4 Å². The lowest BCUT2D eigenvalue weighted by Crippen LogP contribution is -2.34. The normalized spacial score (nSPS) is 19.5. The molecular formula is C22H30N4. The van der Waals surface area contributed by atoms with E-state index in [9.17, 15) is 0 Å². The molecule has 1 saturated heterocycles. The fraction of sp³-hybridized carbons (Fsp3) is 0.545. The molecule has 1 N–H and O–H groups in total. The van der Waals surface area contributed by atoms with E-state index in [4.69, 9.17) is 9.97 Å². The lowest BCUT2D eigenvalue weighted by atomic mass is 9.95. The molecule has 26 heavy (non-hydrogen) atoms. The van der Waals surface area contributed by atoms with E-state index in [2.05, 4.69) is 53.5 Å². The maximum atomic E-state index is 4.92. The van der Waals surface area contributed by atoms with Crippen molar-refractivity contribution in [2.24, 2.45) is 5.92 Å². The van der Waals surface area contributed by atoms with Crippen LogP contribution in [0.1, 0.15) is 51.9 Å². The van der Waals surface area contributed by atoms with Gasteiger partial charge in [0.25, 0.3) is 0 Å². The fourth-order valence-corrected chi connectivity index (χ4v) is 4.07. The summed E-state index contributed by atoms with van der Waals surface area (Å²) in [5.74, 6) is 2.68. The molecule has 0 amide bonds. The highest BCUT2D eigenvalue weighted by molar-refractivity contribution is 5.64. The van der Waals surface area contributed by atoms with E-state index in [1.165, 1.54) is 44.9 Å². The first-order valence-electron chi connectivity index (χ1n) is 10.2. The van der Waals surface area contributed by atoms with Crippen molar-refractivity contribution in [2.45, 2.75) is 57.9 Å². The molecule has 0 atom stereocenters. The van der Waals surface area contributed by atoms with Crippen LogP contribution in [-0.2, 0) is 0 Å². The molecule has 0 radical (unpaired) electrons. The molecule has 0 unspecified atom stereocenters. The van der Waals surface area contributed by atoms with Gasteiger partial charge in [0.1, 0.15) is 5.82 Å². The minimum atomic E-state index is 0.552. The molecule has 4 rings (SSSR count). The van der Waals surface area contributed by atoms with Crippen molar-refractivity contribution in [1.29, 1.82) is 0 Å². The summed E-state index contributed by atoms with van der Waals surface area (Å²) in [6, 6.07) is 13.2. The van der Waals surface area contributed by atoms with Gasteiger partial charge in [0.2, 0.25) is 5.95 Å². The number of hydrogen-bond donors (Lipinski definition) is 1. The second-order valence-electron chi connectivity index (χ2n) is 7.95. The van der Waals surface area contributed by atoms with Crippen LogP contribution >= 0.6 is 0 Å². The van der Waals surface area contributed by atoms with Crippen molar-refractivity contribution in [3.8, 4) is 11.3 Å². The number of aromatic nitrogens is 2. The fourth-order valence-electron chi connectivity index (χ4n) is 4.07. The summed E-state index contributed by atoms with van der Waals surface area (Å²) in [4.78, 5) is 12.2. The van der Waals surface area contributed by atoms with Crippen LogP contribution in [0, 0.1) is 5.92 Å². The van der Waals surface area contributed by atoms with E-state index in [1.54, 1.807) is 0 Å². The molecule has 0 bridgehead atoms. The summed E-state index contributed by atoms with van der Waals surface area (Å²) in [6.07, 6.45) is 8.97. The van der Waals surface area contributed by atoms with Crippen molar-refractivity contribution in [3.63, 3.8) is 0 Å². The second-order valence-corrected chi connectivity index (χ2v) is 7.95. The smallest absolute Gasteiger partial charge is 0.227 e. The molecule has 2 fully saturated rings. The number of rotatable bonds is 4. The third-order valence-corrected chi connectivity index (χ3v) is 5.81. The maximum Gasteiger partial charge on any atom is 0.227 e. The van der Waals surface area contributed by atoms with Gasteiger partial charge in [-0.2, -0.15) is 4.98 Å². The average Bonchev–Trinajstić information content (AvgIpc) is 2.70. The molecule has 1 aromatic heterocycles. The Morgan fingerprint density at radius 2 is 1.65 bits per heavy atom. The van der Waals surface area contributed by atoms with Crippen LogP contribution in [0.4, 0.5) is 11.8 Å². The van der Waals surface area contributed by atoms with E-state index in [0.29, 0.717) is 6.04 Å². The van der Waals surface area contributed by atoms with Gasteiger partial charge in [-0.3, -0.25) is 0 Å². The molecule has 1 aliphatic heterocycles. The van der Waals surface area contributed by atoms with E-state index >= 15 is 0 Å². The molecule has 2 aliphatic rings. The number of piperidine rings is 1. The molecule has 0 spiro atoms. The van der Waals surface area contributed by atoms with E-state index in [-0.39, 0.29) is 0 Å². The van der Waals surface area contributed by atoms with Crippen LogP contribution in [0.3, 0.4) is 0 Å². The topological polar surface area (TPSA) is 41.1 Å². The Hall–Kier alpha value is -2.10. The number of hydrogen-bond acceptors (Lipinski definition) is 4. The van der Waals surface area contributed by atoms with E-state index in [0.717, 1.165) is 42.0 Å². The van der Waals surface area contributed by atoms with Crippen molar-refractivity contribution >= 4 is 11.8 Å². The van der Waals surface area contributed by atoms with Crippen LogP contribution in [0.2, 0.25) is 0 Å². The highest BCUT2D eigenvalue weighted by Crippen LogP contribution is 2.27. The quantitative estimate of drug-likeness (QED) is 0.830. The summed E-state index contributed by atoms with van der Waals surface area (Å²) in [6.45, 7) is 4.46. The van der Waals surface area contributed by atoms with E-state index in [1.807, 2.05) is 0 Å². The predicted molar refractivity (Wildman–Crippen MR) is 109 cm³/mol. The summed E-state index contributed by atoms with van der Waals surface area (Å²) in [5.41, 5.74) is 2.18. The monoisotopic (exact) mass is 350 g/mol. The summed E-state index contributed by atoms with van der Waals surface area (Å²) in [7, 11) is 0. The van der Waals surface area contributed by atoms with Crippen molar-refractivity contribution in [1.82, 2.24) is 9.97 Å². The lowest BCUT2D eigenvalue weighted by Gasteiger charge is -2.31. The Bertz CT molecular complexity index is 701. The Balaban J connectivity index is 1.62. The standard InChI is InChI=1S/C22H30N4/c1-17-12-14-26(15-13-17)22-24-20(18-8-4-2-5-9-18)16-21(25-22)23-19-10-6-3-7-11-19/h2,4-5,8-9,16-17,19H,3,6-7,10-15H2,1H3,(H,23,24,25). The molecule has 2 heterocycles. The average molecular weight is 351 g/mol. The van der Waals surface area contributed by atoms with Crippen molar-refractivity contribution < 1.29 is 0 Å². The van der Waals surface area contributed by atoms with Crippen LogP contribution < -0.4 is 10.2 Å². The Kier molecular flexibility index (Phi) is 5.37. The SMILES string of the molecule is CC1CCN(c2nc(NC3CCCCC3)cc(-c3ccccc3)n2)CC1. The zero-order chi connectivity index (χ0) is 17.8. The first-order valence-corrected chi connectivity index (χ1v) is 10.2. The minimum absolute atomic E-state index is 0.552. The van der Waals surface area contributed by atoms with Gasteiger partial charge in [0.05, 0.1) is 5.69 Å².